The number of hydrogen-bond acceptors (Lipinski definition) is 4. The Morgan fingerprint density at radius 3 is 2.53 bits per heavy atom. The highest BCUT2D eigenvalue weighted by Gasteiger charge is 2.22. The number of sulfonamides is 1. The molecule has 0 radical (unpaired) electrons. The number of nitrogens with zero attached hydrogens (tertiary/aromatic N) is 1. The van der Waals surface area contributed by atoms with E-state index >= 15 is 0 Å². The van der Waals surface area contributed by atoms with Crippen LogP contribution < -0.4 is 10.0 Å². The summed E-state index contributed by atoms with van der Waals surface area (Å²) in [7, 11) is -0.697. The standard InChI is InChI=1S/C11H19N3O4S/c1-11(2,16)7-13-19(17,18)8-5-9(10(15)12-3)14(4)6-8/h5-6,13,16H,7H2,1-4H3,(H,12,15). The van der Waals surface area contributed by atoms with Gasteiger partial charge in [-0.05, 0) is 19.9 Å². The monoisotopic (exact) mass is 289 g/mol. The van der Waals surface area contributed by atoms with Gasteiger partial charge < -0.3 is 15.0 Å². The van der Waals surface area contributed by atoms with Crippen LogP contribution in [0.15, 0.2) is 17.2 Å². The lowest BCUT2D eigenvalue weighted by atomic mass is 10.1. The molecule has 7 nitrogen and oxygen atoms in total. The van der Waals surface area contributed by atoms with Crippen molar-refractivity contribution in [2.24, 2.45) is 7.05 Å². The molecule has 1 aromatic heterocycles. The zero-order valence-electron chi connectivity index (χ0n) is 11.4. The van der Waals surface area contributed by atoms with E-state index in [1.165, 1.54) is 37.7 Å². The molecule has 1 aromatic rings. The number of carbonyl (C=O) groups excluding carboxylic acids is 1. The molecule has 0 fully saturated rings. The van der Waals surface area contributed by atoms with Crippen LogP contribution in [-0.2, 0) is 17.1 Å². The molecular formula is C11H19N3O4S. The average molecular weight is 289 g/mol. The lowest BCUT2D eigenvalue weighted by Gasteiger charge is -2.17. The van der Waals surface area contributed by atoms with Gasteiger partial charge in [-0.1, -0.05) is 0 Å². The lowest BCUT2D eigenvalue weighted by Crippen LogP contribution is -2.38. The van der Waals surface area contributed by atoms with E-state index in [0.29, 0.717) is 0 Å². The Hall–Kier alpha value is -1.38. The number of nitrogens with one attached hydrogen (secondary N) is 2. The maximum atomic E-state index is 12.0. The Balaban J connectivity index is 3.00. The molecule has 0 unspecified atom stereocenters. The molecule has 1 amide bonds. The Morgan fingerprint density at radius 1 is 1.47 bits per heavy atom. The molecule has 8 heteroatoms. The fourth-order valence-corrected chi connectivity index (χ4v) is 2.66. The second kappa shape index (κ2) is 5.32. The Morgan fingerprint density at radius 2 is 2.05 bits per heavy atom. The van der Waals surface area contributed by atoms with Crippen LogP contribution in [0.3, 0.4) is 0 Å². The quantitative estimate of drug-likeness (QED) is 0.676. The largest absolute Gasteiger partial charge is 0.389 e. The van der Waals surface area contributed by atoms with E-state index < -0.39 is 15.6 Å². The first kappa shape index (κ1) is 15.7. The molecule has 19 heavy (non-hydrogen) atoms. The van der Waals surface area contributed by atoms with Gasteiger partial charge in [-0.15, -0.1) is 0 Å². The third-order valence-corrected chi connectivity index (χ3v) is 3.81. The smallest absolute Gasteiger partial charge is 0.267 e. The average Bonchev–Trinajstić information content (AvgIpc) is 2.68. The molecule has 0 atom stereocenters. The molecule has 0 spiro atoms. The third kappa shape index (κ3) is 4.05. The highest BCUT2D eigenvalue weighted by atomic mass is 32.2. The molecule has 3 N–H and O–H groups in total. The number of rotatable bonds is 5. The maximum absolute atomic E-state index is 12.0. The molecule has 108 valence electrons. The normalized spacial score (nSPS) is 12.5. The van der Waals surface area contributed by atoms with Gasteiger partial charge in [-0.3, -0.25) is 4.79 Å². The summed E-state index contributed by atoms with van der Waals surface area (Å²) in [5, 5.41) is 11.9. The predicted octanol–water partition coefficient (Wildman–Crippen LogP) is -0.566. The number of aryl methyl sites for hydroxylation is 1. The van der Waals surface area contributed by atoms with Crippen molar-refractivity contribution in [2.75, 3.05) is 13.6 Å². The van der Waals surface area contributed by atoms with Gasteiger partial charge in [0.05, 0.1) is 5.60 Å². The van der Waals surface area contributed by atoms with Gasteiger partial charge in [-0.2, -0.15) is 0 Å². The van der Waals surface area contributed by atoms with Crippen molar-refractivity contribution >= 4 is 15.9 Å². The second-order valence-corrected chi connectivity index (χ2v) is 6.66. The maximum Gasteiger partial charge on any atom is 0.267 e. The molecule has 0 saturated heterocycles. The van der Waals surface area contributed by atoms with Gasteiger partial charge in [0.25, 0.3) is 5.91 Å². The summed E-state index contributed by atoms with van der Waals surface area (Å²) in [5.41, 5.74) is -0.906. The number of hydrogen-bond donors (Lipinski definition) is 3. The van der Waals surface area contributed by atoms with E-state index in [4.69, 9.17) is 0 Å². The van der Waals surface area contributed by atoms with E-state index in [2.05, 4.69) is 10.0 Å². The molecule has 1 rings (SSSR count). The molecule has 0 saturated carbocycles. The molecular weight excluding hydrogens is 270 g/mol. The lowest BCUT2D eigenvalue weighted by molar-refractivity contribution is 0.0856. The summed E-state index contributed by atoms with van der Waals surface area (Å²) < 4.78 is 27.7. The summed E-state index contributed by atoms with van der Waals surface area (Å²) in [5.74, 6) is -0.369. The fraction of sp³-hybridized carbons (Fsp3) is 0.545. The zero-order chi connectivity index (χ0) is 14.8. The SMILES string of the molecule is CNC(=O)c1cc(S(=O)(=O)NCC(C)(C)O)cn1C. The van der Waals surface area contributed by atoms with Gasteiger partial charge in [0, 0.05) is 26.8 Å². The van der Waals surface area contributed by atoms with Crippen molar-refractivity contribution < 1.29 is 18.3 Å². The molecule has 0 aliphatic rings. The van der Waals surface area contributed by atoms with Crippen LogP contribution in [0.5, 0.6) is 0 Å². The number of aromatic nitrogens is 1. The van der Waals surface area contributed by atoms with Crippen LogP contribution in [0, 0.1) is 0 Å². The Labute approximate surface area is 112 Å². The first-order valence-corrected chi connectivity index (χ1v) is 7.15. The van der Waals surface area contributed by atoms with Gasteiger partial charge >= 0.3 is 0 Å². The molecule has 0 aliphatic carbocycles. The van der Waals surface area contributed by atoms with Crippen molar-refractivity contribution in [3.05, 3.63) is 18.0 Å². The minimum Gasteiger partial charge on any atom is -0.389 e. The Bertz CT molecular complexity index is 569. The van der Waals surface area contributed by atoms with Gasteiger partial charge in [0.2, 0.25) is 10.0 Å². The van der Waals surface area contributed by atoms with Crippen LogP contribution in [0.2, 0.25) is 0 Å². The van der Waals surface area contributed by atoms with Crippen LogP contribution in [-0.4, -0.2) is 43.2 Å². The summed E-state index contributed by atoms with van der Waals surface area (Å²) in [4.78, 5) is 11.5. The van der Waals surface area contributed by atoms with Gasteiger partial charge in [-0.25, -0.2) is 13.1 Å². The van der Waals surface area contributed by atoms with Gasteiger partial charge in [0.1, 0.15) is 10.6 Å². The van der Waals surface area contributed by atoms with Gasteiger partial charge in [0.15, 0.2) is 0 Å². The van der Waals surface area contributed by atoms with E-state index in [0.717, 1.165) is 0 Å². The second-order valence-electron chi connectivity index (χ2n) is 4.89. The summed E-state index contributed by atoms with van der Waals surface area (Å²) in [6.45, 7) is 2.88. The topological polar surface area (TPSA) is 100 Å². The van der Waals surface area contributed by atoms with Crippen molar-refractivity contribution in [2.45, 2.75) is 24.3 Å². The molecule has 0 aromatic carbocycles. The Kier molecular flexibility index (Phi) is 4.39. The number of carbonyl (C=O) groups is 1. The predicted molar refractivity (Wildman–Crippen MR) is 70.3 cm³/mol. The van der Waals surface area contributed by atoms with Crippen LogP contribution in [0.25, 0.3) is 0 Å². The number of amides is 1. The molecule has 1 heterocycles. The van der Waals surface area contributed by atoms with Crippen LogP contribution in [0.4, 0.5) is 0 Å². The van der Waals surface area contributed by atoms with Crippen molar-refractivity contribution in [1.29, 1.82) is 0 Å². The minimum absolute atomic E-state index is 0.0159. The fourth-order valence-electron chi connectivity index (χ4n) is 1.39. The summed E-state index contributed by atoms with van der Waals surface area (Å²) >= 11 is 0. The third-order valence-electron chi connectivity index (χ3n) is 2.44. The summed E-state index contributed by atoms with van der Waals surface area (Å²) in [6, 6.07) is 1.28. The highest BCUT2D eigenvalue weighted by Crippen LogP contribution is 2.14. The minimum atomic E-state index is -3.75. The van der Waals surface area contributed by atoms with Crippen molar-refractivity contribution in [1.82, 2.24) is 14.6 Å². The van der Waals surface area contributed by atoms with E-state index in [1.807, 2.05) is 0 Å². The first-order chi connectivity index (χ1) is 8.57. The molecule has 0 bridgehead atoms. The van der Waals surface area contributed by atoms with Crippen molar-refractivity contribution in [3.63, 3.8) is 0 Å². The zero-order valence-corrected chi connectivity index (χ0v) is 12.2. The first-order valence-electron chi connectivity index (χ1n) is 5.67. The highest BCUT2D eigenvalue weighted by molar-refractivity contribution is 7.89. The van der Waals surface area contributed by atoms with E-state index in [9.17, 15) is 18.3 Å². The van der Waals surface area contributed by atoms with E-state index in [1.54, 1.807) is 7.05 Å². The van der Waals surface area contributed by atoms with E-state index in [-0.39, 0.29) is 23.0 Å². The summed E-state index contributed by atoms with van der Waals surface area (Å²) in [6.07, 6.45) is 1.34. The van der Waals surface area contributed by atoms with Crippen molar-refractivity contribution in [3.8, 4) is 0 Å². The van der Waals surface area contributed by atoms with Crippen LogP contribution in [0.1, 0.15) is 24.3 Å². The number of aliphatic hydroxyl groups is 1. The molecule has 0 aliphatic heterocycles. The van der Waals surface area contributed by atoms with Crippen LogP contribution >= 0.6 is 0 Å².